The van der Waals surface area contributed by atoms with Gasteiger partial charge in [0.05, 0.1) is 10.9 Å². The first-order valence-electron chi connectivity index (χ1n) is 5.00. The molecule has 0 aliphatic rings. The maximum Gasteiger partial charge on any atom is 0.166 e. The Morgan fingerprint density at radius 1 is 1.31 bits per heavy atom. The van der Waals surface area contributed by atoms with Crippen LogP contribution in [0.25, 0.3) is 11.4 Å². The summed E-state index contributed by atoms with van der Waals surface area (Å²) >= 11 is 3.34. The topological polar surface area (TPSA) is 30.7 Å². The van der Waals surface area contributed by atoms with Crippen molar-refractivity contribution in [3.63, 3.8) is 0 Å². The summed E-state index contributed by atoms with van der Waals surface area (Å²) < 4.78 is 15.5. The molecule has 0 aliphatic heterocycles. The molecule has 1 aromatic carbocycles. The number of hydrogen-bond donors (Lipinski definition) is 0. The maximum absolute atomic E-state index is 13.6. The minimum absolute atomic E-state index is 0.272. The van der Waals surface area contributed by atoms with Gasteiger partial charge in [0.25, 0.3) is 0 Å². The molecule has 5 heteroatoms. The largest absolute Gasteiger partial charge is 0.310 e. The molecule has 0 saturated heterocycles. The predicted molar refractivity (Wildman–Crippen MR) is 63.7 cm³/mol. The summed E-state index contributed by atoms with van der Waals surface area (Å²) in [5, 5.41) is 8.67. The second-order valence-electron chi connectivity index (χ2n) is 3.30. The summed E-state index contributed by atoms with van der Waals surface area (Å²) in [5.41, 5.74) is 0.490. The van der Waals surface area contributed by atoms with Gasteiger partial charge in [-0.15, -0.1) is 10.2 Å². The van der Waals surface area contributed by atoms with Crippen molar-refractivity contribution in [3.05, 3.63) is 35.9 Å². The van der Waals surface area contributed by atoms with Gasteiger partial charge in [-0.2, -0.15) is 0 Å². The highest BCUT2D eigenvalue weighted by Gasteiger charge is 2.14. The first-order chi connectivity index (χ1) is 7.77. The van der Waals surface area contributed by atoms with Gasteiger partial charge in [-0.1, -0.05) is 28.1 Å². The maximum atomic E-state index is 13.6. The average molecular weight is 284 g/mol. The Morgan fingerprint density at radius 3 is 2.69 bits per heavy atom. The molecule has 0 atom stereocenters. The van der Waals surface area contributed by atoms with E-state index in [2.05, 4.69) is 26.1 Å². The molecule has 2 aromatic rings. The Bertz CT molecular complexity index is 496. The zero-order chi connectivity index (χ0) is 11.5. The van der Waals surface area contributed by atoms with E-state index in [-0.39, 0.29) is 5.82 Å². The molecular formula is C11H11BrFN3. The van der Waals surface area contributed by atoms with Gasteiger partial charge in [0.2, 0.25) is 0 Å². The first kappa shape index (κ1) is 11.3. The Morgan fingerprint density at radius 2 is 2.06 bits per heavy atom. The van der Waals surface area contributed by atoms with Crippen molar-refractivity contribution in [3.8, 4) is 11.4 Å². The molecule has 0 amide bonds. The number of alkyl halides is 1. The summed E-state index contributed by atoms with van der Waals surface area (Å²) in [6, 6.07) is 6.60. The summed E-state index contributed by atoms with van der Waals surface area (Å²) in [6.45, 7) is 2.71. The molecule has 1 heterocycles. The van der Waals surface area contributed by atoms with Gasteiger partial charge in [-0.25, -0.2) is 4.39 Å². The summed E-state index contributed by atoms with van der Waals surface area (Å²) in [4.78, 5) is 0. The molecule has 0 N–H and O–H groups in total. The van der Waals surface area contributed by atoms with Gasteiger partial charge in [0.15, 0.2) is 5.82 Å². The summed E-state index contributed by atoms with van der Waals surface area (Å²) in [5.74, 6) is 1.11. The molecule has 2 rings (SSSR count). The Kier molecular flexibility index (Phi) is 3.33. The Hall–Kier alpha value is -1.23. The standard InChI is InChI=1S/C11H11BrFN3/c1-2-16-10(7-12)14-15-11(16)8-5-3-4-6-9(8)13/h3-6H,2,7H2,1H3. The highest BCUT2D eigenvalue weighted by molar-refractivity contribution is 9.08. The smallest absolute Gasteiger partial charge is 0.166 e. The third-order valence-corrected chi connectivity index (χ3v) is 2.88. The molecule has 0 bridgehead atoms. The van der Waals surface area contributed by atoms with Gasteiger partial charge >= 0.3 is 0 Å². The Labute approximate surface area is 101 Å². The third-order valence-electron chi connectivity index (χ3n) is 2.38. The lowest BCUT2D eigenvalue weighted by Gasteiger charge is -2.06. The van der Waals surface area contributed by atoms with Crippen LogP contribution < -0.4 is 0 Å². The summed E-state index contributed by atoms with van der Waals surface area (Å²) in [7, 11) is 0. The highest BCUT2D eigenvalue weighted by Crippen LogP contribution is 2.22. The fourth-order valence-corrected chi connectivity index (χ4v) is 2.02. The minimum atomic E-state index is -0.272. The monoisotopic (exact) mass is 283 g/mol. The van der Waals surface area contributed by atoms with Gasteiger partial charge in [-0.3, -0.25) is 0 Å². The van der Waals surface area contributed by atoms with Crippen molar-refractivity contribution in [1.29, 1.82) is 0 Å². The van der Waals surface area contributed by atoms with Crippen LogP contribution in [-0.4, -0.2) is 14.8 Å². The van der Waals surface area contributed by atoms with Crippen LogP contribution in [0.2, 0.25) is 0 Å². The molecule has 0 radical (unpaired) electrons. The molecule has 3 nitrogen and oxygen atoms in total. The number of hydrogen-bond acceptors (Lipinski definition) is 2. The first-order valence-corrected chi connectivity index (χ1v) is 6.13. The molecule has 0 saturated carbocycles. The molecule has 0 spiro atoms. The molecule has 1 aromatic heterocycles. The van der Waals surface area contributed by atoms with Crippen LogP contribution in [0.5, 0.6) is 0 Å². The Balaban J connectivity index is 2.56. The van der Waals surface area contributed by atoms with Crippen LogP contribution in [-0.2, 0) is 11.9 Å². The second kappa shape index (κ2) is 4.74. The molecule has 0 unspecified atom stereocenters. The zero-order valence-corrected chi connectivity index (χ0v) is 10.4. The van der Waals surface area contributed by atoms with Crippen LogP contribution in [0.3, 0.4) is 0 Å². The molecule has 16 heavy (non-hydrogen) atoms. The van der Waals surface area contributed by atoms with Crippen molar-refractivity contribution in [2.45, 2.75) is 18.8 Å². The van der Waals surface area contributed by atoms with Crippen molar-refractivity contribution >= 4 is 15.9 Å². The molecular weight excluding hydrogens is 273 g/mol. The van der Waals surface area contributed by atoms with Gasteiger partial charge in [0.1, 0.15) is 11.6 Å². The van der Waals surface area contributed by atoms with Crippen molar-refractivity contribution < 1.29 is 4.39 Å². The molecule has 84 valence electrons. The predicted octanol–water partition coefficient (Wildman–Crippen LogP) is 3.00. The van der Waals surface area contributed by atoms with E-state index in [1.807, 2.05) is 11.5 Å². The minimum Gasteiger partial charge on any atom is -0.310 e. The van der Waals surface area contributed by atoms with Crippen LogP contribution in [0, 0.1) is 5.82 Å². The number of nitrogens with zero attached hydrogens (tertiary/aromatic N) is 3. The van der Waals surface area contributed by atoms with Crippen LogP contribution >= 0.6 is 15.9 Å². The normalized spacial score (nSPS) is 10.7. The number of halogens is 2. The number of rotatable bonds is 3. The fourth-order valence-electron chi connectivity index (χ4n) is 1.61. The van der Waals surface area contributed by atoms with Crippen molar-refractivity contribution in [2.24, 2.45) is 0 Å². The van der Waals surface area contributed by atoms with E-state index >= 15 is 0 Å². The lowest BCUT2D eigenvalue weighted by Crippen LogP contribution is -2.02. The van der Waals surface area contributed by atoms with E-state index < -0.39 is 0 Å². The highest BCUT2D eigenvalue weighted by atomic mass is 79.9. The van der Waals surface area contributed by atoms with Crippen molar-refractivity contribution in [2.75, 3.05) is 0 Å². The van der Waals surface area contributed by atoms with E-state index in [9.17, 15) is 4.39 Å². The zero-order valence-electron chi connectivity index (χ0n) is 8.82. The molecule has 0 aliphatic carbocycles. The average Bonchev–Trinajstić information content (AvgIpc) is 2.72. The number of benzene rings is 1. The lowest BCUT2D eigenvalue weighted by atomic mass is 10.2. The van der Waals surface area contributed by atoms with E-state index in [0.29, 0.717) is 16.7 Å². The van der Waals surface area contributed by atoms with Crippen molar-refractivity contribution in [1.82, 2.24) is 14.8 Å². The SMILES string of the molecule is CCn1c(CBr)nnc1-c1ccccc1F. The third kappa shape index (κ3) is 1.87. The van der Waals surface area contributed by atoms with E-state index in [1.54, 1.807) is 18.2 Å². The van der Waals surface area contributed by atoms with E-state index in [1.165, 1.54) is 6.07 Å². The quantitative estimate of drug-likeness (QED) is 0.811. The molecule has 0 fully saturated rings. The second-order valence-corrected chi connectivity index (χ2v) is 3.86. The van der Waals surface area contributed by atoms with Crippen LogP contribution in [0.15, 0.2) is 24.3 Å². The number of aromatic nitrogens is 3. The fraction of sp³-hybridized carbons (Fsp3) is 0.273. The summed E-state index contributed by atoms with van der Waals surface area (Å²) in [6.07, 6.45) is 0. The van der Waals surface area contributed by atoms with E-state index in [0.717, 1.165) is 12.4 Å². The van der Waals surface area contributed by atoms with Gasteiger partial charge < -0.3 is 4.57 Å². The van der Waals surface area contributed by atoms with Gasteiger partial charge in [0, 0.05) is 6.54 Å². The lowest BCUT2D eigenvalue weighted by molar-refractivity contribution is 0.626. The van der Waals surface area contributed by atoms with E-state index in [4.69, 9.17) is 0 Å². The van der Waals surface area contributed by atoms with Crippen LogP contribution in [0.1, 0.15) is 12.7 Å². The van der Waals surface area contributed by atoms with Gasteiger partial charge in [-0.05, 0) is 19.1 Å². The van der Waals surface area contributed by atoms with Crippen LogP contribution in [0.4, 0.5) is 4.39 Å².